The molecule has 0 saturated heterocycles. The Kier molecular flexibility index (Phi) is 2.55. The van der Waals surface area contributed by atoms with Gasteiger partial charge in [0.05, 0.1) is 7.11 Å². The van der Waals surface area contributed by atoms with E-state index in [4.69, 9.17) is 16.3 Å². The maximum absolute atomic E-state index is 5.88. The van der Waals surface area contributed by atoms with Gasteiger partial charge in [0.25, 0.3) is 0 Å². The van der Waals surface area contributed by atoms with Crippen LogP contribution in [0.1, 0.15) is 0 Å². The average Bonchev–Trinajstić information content (AvgIpc) is 2.64. The van der Waals surface area contributed by atoms with E-state index in [0.717, 1.165) is 0 Å². The summed E-state index contributed by atoms with van der Waals surface area (Å²) in [7, 11) is 3.36. The summed E-state index contributed by atoms with van der Waals surface area (Å²) in [6.45, 7) is 0. The molecule has 0 unspecified atom stereocenters. The molecule has 0 amide bonds. The van der Waals surface area contributed by atoms with Crippen molar-refractivity contribution in [2.24, 2.45) is 7.05 Å². The van der Waals surface area contributed by atoms with Gasteiger partial charge in [0.15, 0.2) is 10.9 Å². The predicted molar refractivity (Wildman–Crippen MR) is 55.8 cm³/mol. The van der Waals surface area contributed by atoms with Crippen molar-refractivity contribution in [2.45, 2.75) is 0 Å². The van der Waals surface area contributed by atoms with Crippen LogP contribution >= 0.6 is 11.6 Å². The molecule has 0 atom stereocenters. The fraction of sp³-hybridized carbons (Fsp3) is 0.222. The van der Waals surface area contributed by atoms with Gasteiger partial charge in [-0.15, -0.1) is 0 Å². The SMILES string of the molecule is COc1c(Cl)ncnc1-c1ccn(C)n1. The molecule has 5 nitrogen and oxygen atoms in total. The third kappa shape index (κ3) is 1.78. The second kappa shape index (κ2) is 3.86. The number of hydrogen-bond donors (Lipinski definition) is 0. The summed E-state index contributed by atoms with van der Waals surface area (Å²) in [6.07, 6.45) is 3.21. The van der Waals surface area contributed by atoms with Crippen LogP contribution in [0.2, 0.25) is 5.15 Å². The maximum Gasteiger partial charge on any atom is 0.184 e. The standard InChI is InChI=1S/C9H9ClN4O/c1-14-4-3-6(13-14)7-8(15-2)9(10)12-5-11-7/h3-5H,1-2H3. The van der Waals surface area contributed by atoms with Gasteiger partial charge in [-0.25, -0.2) is 9.97 Å². The van der Waals surface area contributed by atoms with Crippen molar-refractivity contribution in [3.05, 3.63) is 23.7 Å². The van der Waals surface area contributed by atoms with Crippen molar-refractivity contribution >= 4 is 11.6 Å². The van der Waals surface area contributed by atoms with Gasteiger partial charge in [-0.1, -0.05) is 11.6 Å². The molecule has 0 fully saturated rings. The molecule has 0 bridgehead atoms. The van der Waals surface area contributed by atoms with Gasteiger partial charge >= 0.3 is 0 Å². The Morgan fingerprint density at radius 1 is 1.40 bits per heavy atom. The van der Waals surface area contributed by atoms with Crippen LogP contribution in [0.4, 0.5) is 0 Å². The normalized spacial score (nSPS) is 10.3. The number of aryl methyl sites for hydroxylation is 1. The predicted octanol–water partition coefficient (Wildman–Crippen LogP) is 1.54. The van der Waals surface area contributed by atoms with E-state index in [0.29, 0.717) is 17.1 Å². The lowest BCUT2D eigenvalue weighted by atomic mass is 10.3. The third-order valence-corrected chi connectivity index (χ3v) is 2.19. The van der Waals surface area contributed by atoms with Crippen LogP contribution in [0.25, 0.3) is 11.4 Å². The van der Waals surface area contributed by atoms with Crippen LogP contribution in [-0.2, 0) is 7.05 Å². The molecule has 2 rings (SSSR count). The number of methoxy groups -OCH3 is 1. The number of hydrogen-bond acceptors (Lipinski definition) is 4. The van der Waals surface area contributed by atoms with Gasteiger partial charge < -0.3 is 4.74 Å². The first-order valence-corrected chi connectivity index (χ1v) is 4.64. The Morgan fingerprint density at radius 2 is 2.20 bits per heavy atom. The van der Waals surface area contributed by atoms with Crippen molar-refractivity contribution in [1.82, 2.24) is 19.7 Å². The molecule has 0 saturated carbocycles. The van der Waals surface area contributed by atoms with E-state index < -0.39 is 0 Å². The van der Waals surface area contributed by atoms with Crippen LogP contribution in [0.15, 0.2) is 18.6 Å². The van der Waals surface area contributed by atoms with Gasteiger partial charge in [0.1, 0.15) is 17.7 Å². The van der Waals surface area contributed by atoms with Crippen molar-refractivity contribution in [2.75, 3.05) is 7.11 Å². The minimum atomic E-state index is 0.285. The van der Waals surface area contributed by atoms with E-state index in [1.807, 2.05) is 19.3 Å². The van der Waals surface area contributed by atoms with Gasteiger partial charge in [-0.2, -0.15) is 5.10 Å². The highest BCUT2D eigenvalue weighted by Gasteiger charge is 2.13. The Labute approximate surface area is 91.7 Å². The summed E-state index contributed by atoms with van der Waals surface area (Å²) >= 11 is 5.88. The van der Waals surface area contributed by atoms with E-state index in [-0.39, 0.29) is 5.15 Å². The largest absolute Gasteiger partial charge is 0.491 e. The Balaban J connectivity index is 2.57. The maximum atomic E-state index is 5.88. The summed E-state index contributed by atoms with van der Waals surface area (Å²) in [5.74, 6) is 0.442. The smallest absolute Gasteiger partial charge is 0.184 e. The molecule has 0 aromatic carbocycles. The number of halogens is 1. The lowest BCUT2D eigenvalue weighted by Crippen LogP contribution is -1.95. The second-order valence-electron chi connectivity index (χ2n) is 2.92. The summed E-state index contributed by atoms with van der Waals surface area (Å²) in [5.41, 5.74) is 1.30. The molecule has 0 radical (unpaired) electrons. The van der Waals surface area contributed by atoms with E-state index >= 15 is 0 Å². The van der Waals surface area contributed by atoms with Gasteiger partial charge in [0.2, 0.25) is 0 Å². The highest BCUT2D eigenvalue weighted by molar-refractivity contribution is 6.31. The van der Waals surface area contributed by atoms with Crippen LogP contribution in [0.3, 0.4) is 0 Å². The van der Waals surface area contributed by atoms with Crippen molar-refractivity contribution < 1.29 is 4.74 Å². The Morgan fingerprint density at radius 3 is 2.80 bits per heavy atom. The molecule has 0 aliphatic heterocycles. The molecular weight excluding hydrogens is 216 g/mol. The van der Waals surface area contributed by atoms with Crippen LogP contribution in [0.5, 0.6) is 5.75 Å². The number of ether oxygens (including phenoxy) is 1. The zero-order valence-corrected chi connectivity index (χ0v) is 9.06. The fourth-order valence-corrected chi connectivity index (χ4v) is 1.47. The molecule has 2 aromatic heterocycles. The first-order chi connectivity index (χ1) is 7.22. The molecule has 0 N–H and O–H groups in total. The van der Waals surface area contributed by atoms with Gasteiger partial charge in [0, 0.05) is 13.2 Å². The van der Waals surface area contributed by atoms with Gasteiger partial charge in [-0.05, 0) is 6.07 Å². The number of nitrogens with zero attached hydrogens (tertiary/aromatic N) is 4. The minimum Gasteiger partial charge on any atom is -0.491 e. The molecule has 0 spiro atoms. The lowest BCUT2D eigenvalue weighted by Gasteiger charge is -2.05. The topological polar surface area (TPSA) is 52.8 Å². The first-order valence-electron chi connectivity index (χ1n) is 4.27. The van der Waals surface area contributed by atoms with Crippen molar-refractivity contribution in [3.63, 3.8) is 0 Å². The zero-order valence-electron chi connectivity index (χ0n) is 8.31. The highest BCUT2D eigenvalue weighted by atomic mass is 35.5. The van der Waals surface area contributed by atoms with E-state index in [9.17, 15) is 0 Å². The molecule has 2 aromatic rings. The van der Waals surface area contributed by atoms with E-state index in [2.05, 4.69) is 15.1 Å². The summed E-state index contributed by atoms with van der Waals surface area (Å²) in [4.78, 5) is 7.94. The van der Waals surface area contributed by atoms with Crippen molar-refractivity contribution in [3.8, 4) is 17.1 Å². The summed E-state index contributed by atoms with van der Waals surface area (Å²) in [5, 5.41) is 4.50. The number of rotatable bonds is 2. The molecule has 0 aliphatic carbocycles. The lowest BCUT2D eigenvalue weighted by molar-refractivity contribution is 0.412. The quantitative estimate of drug-likeness (QED) is 0.727. The monoisotopic (exact) mass is 224 g/mol. The van der Waals surface area contributed by atoms with E-state index in [1.54, 1.807) is 4.68 Å². The Hall–Kier alpha value is -1.62. The zero-order chi connectivity index (χ0) is 10.8. The third-order valence-electron chi connectivity index (χ3n) is 1.92. The highest BCUT2D eigenvalue weighted by Crippen LogP contribution is 2.31. The number of aromatic nitrogens is 4. The van der Waals surface area contributed by atoms with Crippen molar-refractivity contribution in [1.29, 1.82) is 0 Å². The van der Waals surface area contributed by atoms with Crippen LogP contribution in [0, 0.1) is 0 Å². The Bertz CT molecular complexity index is 483. The van der Waals surface area contributed by atoms with Crippen LogP contribution in [-0.4, -0.2) is 26.9 Å². The van der Waals surface area contributed by atoms with E-state index in [1.165, 1.54) is 13.4 Å². The minimum absolute atomic E-state index is 0.285. The molecule has 78 valence electrons. The van der Waals surface area contributed by atoms with Gasteiger partial charge in [-0.3, -0.25) is 4.68 Å². The summed E-state index contributed by atoms with van der Waals surface area (Å²) in [6, 6.07) is 1.83. The molecule has 0 aliphatic rings. The molecular formula is C9H9ClN4O. The molecule has 15 heavy (non-hydrogen) atoms. The van der Waals surface area contributed by atoms with Crippen LogP contribution < -0.4 is 4.74 Å². The molecule has 6 heteroatoms. The first kappa shape index (κ1) is 9.92. The second-order valence-corrected chi connectivity index (χ2v) is 3.28. The fourth-order valence-electron chi connectivity index (χ4n) is 1.26. The summed E-state index contributed by atoms with van der Waals surface area (Å²) < 4.78 is 6.82. The molecule has 2 heterocycles. The average molecular weight is 225 g/mol.